The van der Waals surface area contributed by atoms with Crippen LogP contribution in [0.25, 0.3) is 6.08 Å². The van der Waals surface area contributed by atoms with Gasteiger partial charge in [-0.2, -0.15) is 0 Å². The smallest absolute Gasteiger partial charge is 0.254 e. The molecule has 25 heavy (non-hydrogen) atoms. The molecule has 0 unspecified atom stereocenters. The minimum atomic E-state index is 0.0356. The highest BCUT2D eigenvalue weighted by atomic mass is 16.5. The van der Waals surface area contributed by atoms with Crippen molar-refractivity contribution < 1.29 is 9.53 Å². The van der Waals surface area contributed by atoms with Crippen LogP contribution < -0.4 is 4.74 Å². The van der Waals surface area contributed by atoms with Crippen LogP contribution in [0.2, 0.25) is 0 Å². The molecule has 3 heteroatoms. The molecule has 0 saturated heterocycles. The Morgan fingerprint density at radius 1 is 1.12 bits per heavy atom. The summed E-state index contributed by atoms with van der Waals surface area (Å²) in [6.07, 6.45) is 2.13. The largest absolute Gasteiger partial charge is 0.497 e. The number of amides is 1. The van der Waals surface area contributed by atoms with Gasteiger partial charge in [0.1, 0.15) is 5.75 Å². The third-order valence-electron chi connectivity index (χ3n) is 3.84. The van der Waals surface area contributed by atoms with Crippen molar-refractivity contribution in [3.63, 3.8) is 0 Å². The van der Waals surface area contributed by atoms with Gasteiger partial charge in [0, 0.05) is 18.7 Å². The van der Waals surface area contributed by atoms with Crippen LogP contribution in [0, 0.1) is 5.92 Å². The van der Waals surface area contributed by atoms with E-state index in [-0.39, 0.29) is 5.91 Å². The summed E-state index contributed by atoms with van der Waals surface area (Å²) in [4.78, 5) is 14.9. The number of hydrogen-bond donors (Lipinski definition) is 0. The second-order valence-corrected chi connectivity index (χ2v) is 6.71. The predicted octanol–water partition coefficient (Wildman–Crippen LogP) is 4.90. The molecule has 0 atom stereocenters. The van der Waals surface area contributed by atoms with E-state index in [9.17, 15) is 4.79 Å². The SMILES string of the molecule is COc1cccc(C(=O)N(CC(C)=Cc2ccccc2)CC(C)C)c1. The fourth-order valence-corrected chi connectivity index (χ4v) is 2.78. The Balaban J connectivity index is 2.20. The lowest BCUT2D eigenvalue weighted by Gasteiger charge is -2.25. The standard InChI is InChI=1S/C22H27NO2/c1-17(2)15-23(16-18(3)13-19-9-6-5-7-10-19)22(24)20-11-8-12-21(14-20)25-4/h5-14,17H,15-16H2,1-4H3. The molecule has 2 aromatic rings. The van der Waals surface area contributed by atoms with Gasteiger partial charge in [-0.3, -0.25) is 4.79 Å². The maximum atomic E-state index is 13.0. The Kier molecular flexibility index (Phi) is 6.81. The van der Waals surface area contributed by atoms with Crippen LogP contribution in [0.1, 0.15) is 36.7 Å². The van der Waals surface area contributed by atoms with Gasteiger partial charge in [0.2, 0.25) is 0 Å². The number of carbonyl (C=O) groups is 1. The molecule has 1 amide bonds. The van der Waals surface area contributed by atoms with Crippen LogP contribution in [0.3, 0.4) is 0 Å². The average molecular weight is 337 g/mol. The van der Waals surface area contributed by atoms with Gasteiger partial charge in [-0.05, 0) is 36.6 Å². The Morgan fingerprint density at radius 2 is 1.84 bits per heavy atom. The molecule has 0 aliphatic heterocycles. The molecule has 0 fully saturated rings. The summed E-state index contributed by atoms with van der Waals surface area (Å²) in [6.45, 7) is 7.66. The van der Waals surface area contributed by atoms with E-state index in [1.807, 2.05) is 41.3 Å². The number of nitrogens with zero attached hydrogens (tertiary/aromatic N) is 1. The van der Waals surface area contributed by atoms with Crippen molar-refractivity contribution in [2.24, 2.45) is 5.92 Å². The molecule has 0 aliphatic rings. The van der Waals surface area contributed by atoms with Crippen LogP contribution in [-0.2, 0) is 0 Å². The van der Waals surface area contributed by atoms with Gasteiger partial charge < -0.3 is 9.64 Å². The van der Waals surface area contributed by atoms with Crippen LogP contribution in [-0.4, -0.2) is 31.0 Å². The summed E-state index contributed by atoms with van der Waals surface area (Å²) in [6, 6.07) is 17.5. The van der Waals surface area contributed by atoms with Crippen LogP contribution in [0.15, 0.2) is 60.2 Å². The normalized spacial score (nSPS) is 11.5. The molecular formula is C22H27NO2. The van der Waals surface area contributed by atoms with Gasteiger partial charge in [0.25, 0.3) is 5.91 Å². The number of carbonyl (C=O) groups excluding carboxylic acids is 1. The zero-order valence-corrected chi connectivity index (χ0v) is 15.5. The number of ether oxygens (including phenoxy) is 1. The van der Waals surface area contributed by atoms with Crippen molar-refractivity contribution in [2.45, 2.75) is 20.8 Å². The van der Waals surface area contributed by atoms with Crippen LogP contribution in [0.5, 0.6) is 5.75 Å². The van der Waals surface area contributed by atoms with Crippen molar-refractivity contribution in [3.05, 3.63) is 71.3 Å². The van der Waals surface area contributed by atoms with Crippen molar-refractivity contribution in [3.8, 4) is 5.75 Å². The summed E-state index contributed by atoms with van der Waals surface area (Å²) in [7, 11) is 1.61. The van der Waals surface area contributed by atoms with Crippen molar-refractivity contribution in [1.29, 1.82) is 0 Å². The van der Waals surface area contributed by atoms with Crippen LogP contribution >= 0.6 is 0 Å². The third-order valence-corrected chi connectivity index (χ3v) is 3.84. The Morgan fingerprint density at radius 3 is 2.48 bits per heavy atom. The molecule has 0 aromatic heterocycles. The zero-order valence-electron chi connectivity index (χ0n) is 15.5. The summed E-state index contributed by atoms with van der Waals surface area (Å²) in [5.74, 6) is 1.14. The lowest BCUT2D eigenvalue weighted by molar-refractivity contribution is 0.0752. The lowest BCUT2D eigenvalue weighted by Crippen LogP contribution is -2.35. The first-order chi connectivity index (χ1) is 12.0. The van der Waals surface area contributed by atoms with Gasteiger partial charge >= 0.3 is 0 Å². The Hall–Kier alpha value is -2.55. The van der Waals surface area contributed by atoms with E-state index in [4.69, 9.17) is 4.74 Å². The quantitative estimate of drug-likeness (QED) is 0.719. The molecule has 0 bridgehead atoms. The van der Waals surface area contributed by atoms with Crippen molar-refractivity contribution in [2.75, 3.05) is 20.2 Å². The first-order valence-corrected chi connectivity index (χ1v) is 8.65. The topological polar surface area (TPSA) is 29.5 Å². The van der Waals surface area contributed by atoms with E-state index in [1.54, 1.807) is 13.2 Å². The van der Waals surface area contributed by atoms with Gasteiger partial charge in [-0.25, -0.2) is 0 Å². The molecule has 0 spiro atoms. The highest BCUT2D eigenvalue weighted by Gasteiger charge is 2.17. The molecule has 0 saturated carbocycles. The summed E-state index contributed by atoms with van der Waals surface area (Å²) in [5.41, 5.74) is 2.97. The predicted molar refractivity (Wildman–Crippen MR) is 104 cm³/mol. The lowest BCUT2D eigenvalue weighted by atomic mass is 10.1. The Labute approximate surface area is 150 Å². The van der Waals surface area contributed by atoms with E-state index >= 15 is 0 Å². The summed E-state index contributed by atoms with van der Waals surface area (Å²) in [5, 5.41) is 0. The Bertz CT molecular complexity index is 720. The molecule has 0 heterocycles. The molecule has 0 radical (unpaired) electrons. The maximum absolute atomic E-state index is 13.0. The van der Waals surface area contributed by atoms with Gasteiger partial charge in [0.05, 0.1) is 7.11 Å². The van der Waals surface area contributed by atoms with E-state index in [0.29, 0.717) is 23.8 Å². The second-order valence-electron chi connectivity index (χ2n) is 6.71. The zero-order chi connectivity index (χ0) is 18.2. The highest BCUT2D eigenvalue weighted by molar-refractivity contribution is 5.94. The molecule has 132 valence electrons. The minimum absolute atomic E-state index is 0.0356. The van der Waals surface area contributed by atoms with Crippen molar-refractivity contribution >= 4 is 12.0 Å². The number of benzene rings is 2. The number of rotatable bonds is 7. The molecule has 2 aromatic carbocycles. The number of methoxy groups -OCH3 is 1. The monoisotopic (exact) mass is 337 g/mol. The summed E-state index contributed by atoms with van der Waals surface area (Å²) < 4.78 is 5.24. The van der Waals surface area contributed by atoms with E-state index in [1.165, 1.54) is 0 Å². The number of hydrogen-bond acceptors (Lipinski definition) is 2. The summed E-state index contributed by atoms with van der Waals surface area (Å²) >= 11 is 0. The molecule has 3 nitrogen and oxygen atoms in total. The fourth-order valence-electron chi connectivity index (χ4n) is 2.78. The van der Waals surface area contributed by atoms with E-state index in [0.717, 1.165) is 17.7 Å². The third kappa shape index (κ3) is 5.79. The average Bonchev–Trinajstić information content (AvgIpc) is 2.61. The first-order valence-electron chi connectivity index (χ1n) is 8.65. The molecular weight excluding hydrogens is 310 g/mol. The molecule has 2 rings (SSSR count). The van der Waals surface area contributed by atoms with Crippen LogP contribution in [0.4, 0.5) is 0 Å². The first kappa shape index (κ1) is 18.8. The minimum Gasteiger partial charge on any atom is -0.497 e. The van der Waals surface area contributed by atoms with Gasteiger partial charge in [0.15, 0.2) is 0 Å². The molecule has 0 N–H and O–H groups in total. The second kappa shape index (κ2) is 9.07. The van der Waals surface area contributed by atoms with Crippen molar-refractivity contribution in [1.82, 2.24) is 4.90 Å². The van der Waals surface area contributed by atoms with E-state index in [2.05, 4.69) is 39.0 Å². The molecule has 0 aliphatic carbocycles. The maximum Gasteiger partial charge on any atom is 0.254 e. The van der Waals surface area contributed by atoms with Gasteiger partial charge in [-0.1, -0.05) is 61.9 Å². The van der Waals surface area contributed by atoms with Gasteiger partial charge in [-0.15, -0.1) is 0 Å². The fraction of sp³-hybridized carbons (Fsp3) is 0.318. The van der Waals surface area contributed by atoms with E-state index < -0.39 is 0 Å². The highest BCUT2D eigenvalue weighted by Crippen LogP contribution is 2.17.